The van der Waals surface area contributed by atoms with E-state index < -0.39 is 10.8 Å². The molecule has 0 bridgehead atoms. The zero-order chi connectivity index (χ0) is 16.9. The molecular weight excluding hydrogens is 342 g/mol. The number of rotatable bonds is 5. The number of anilines is 1. The molecule has 1 amide bonds. The molecule has 1 fully saturated rings. The molecule has 0 spiro atoms. The zero-order valence-electron chi connectivity index (χ0n) is 13.4. The number of carbonyl (C=O) groups is 1. The molecule has 1 atom stereocenters. The summed E-state index contributed by atoms with van der Waals surface area (Å²) in [6.45, 7) is 0. The maximum Gasteiger partial charge on any atom is 0.257 e. The largest absolute Gasteiger partial charge is 0.298 e. The third kappa shape index (κ3) is 4.15. The molecule has 24 heavy (non-hydrogen) atoms. The summed E-state index contributed by atoms with van der Waals surface area (Å²) in [7, 11) is -1.13. The van der Waals surface area contributed by atoms with E-state index in [0.717, 1.165) is 18.4 Å². The number of pyridine rings is 1. The van der Waals surface area contributed by atoms with Crippen LogP contribution in [0.4, 0.5) is 5.13 Å². The van der Waals surface area contributed by atoms with Gasteiger partial charge in [0, 0.05) is 35.2 Å². The van der Waals surface area contributed by atoms with E-state index in [1.165, 1.54) is 24.2 Å². The van der Waals surface area contributed by atoms with Gasteiger partial charge >= 0.3 is 0 Å². The van der Waals surface area contributed by atoms with Crippen molar-refractivity contribution in [3.05, 3.63) is 41.5 Å². The van der Waals surface area contributed by atoms with E-state index in [2.05, 4.69) is 21.4 Å². The van der Waals surface area contributed by atoms with E-state index in [0.29, 0.717) is 21.6 Å². The Morgan fingerprint density at radius 3 is 2.71 bits per heavy atom. The Kier molecular flexibility index (Phi) is 5.52. The van der Waals surface area contributed by atoms with Crippen molar-refractivity contribution in [1.82, 2.24) is 9.97 Å². The van der Waals surface area contributed by atoms with Gasteiger partial charge in [0.25, 0.3) is 5.91 Å². The van der Waals surface area contributed by atoms with Crippen LogP contribution in [0.1, 0.15) is 31.2 Å². The first-order valence-corrected chi connectivity index (χ1v) is 10.3. The van der Waals surface area contributed by atoms with Crippen LogP contribution >= 0.6 is 11.3 Å². The molecule has 0 saturated heterocycles. The standard InChI is InChI=1S/C17H19N3O2S2/c1-24(22)15-7-6-13(11-19-15)14(10-12-4-2-3-5-12)16(21)20-17-18-8-9-23-17/h6-12H,2-5H2,1H3,(H,18,20,21). The third-order valence-corrected chi connectivity index (χ3v) is 5.56. The number of hydrogen-bond acceptors (Lipinski definition) is 5. The molecule has 3 rings (SSSR count). The molecular formula is C17H19N3O2S2. The van der Waals surface area contributed by atoms with E-state index in [9.17, 15) is 9.00 Å². The molecule has 1 aliphatic carbocycles. The van der Waals surface area contributed by atoms with Gasteiger partial charge < -0.3 is 0 Å². The molecule has 2 aromatic rings. The van der Waals surface area contributed by atoms with Gasteiger partial charge in [-0.2, -0.15) is 0 Å². The summed E-state index contributed by atoms with van der Waals surface area (Å²) in [5.41, 5.74) is 1.35. The van der Waals surface area contributed by atoms with E-state index >= 15 is 0 Å². The molecule has 7 heteroatoms. The number of carbonyl (C=O) groups excluding carboxylic acids is 1. The van der Waals surface area contributed by atoms with E-state index in [4.69, 9.17) is 0 Å². The van der Waals surface area contributed by atoms with Crippen LogP contribution in [0, 0.1) is 5.92 Å². The van der Waals surface area contributed by atoms with Crippen LogP contribution in [0.25, 0.3) is 5.57 Å². The van der Waals surface area contributed by atoms with Crippen LogP contribution in [0.3, 0.4) is 0 Å². The Bertz CT molecular complexity index is 749. The summed E-state index contributed by atoms with van der Waals surface area (Å²) in [4.78, 5) is 21.0. The number of hydrogen-bond donors (Lipinski definition) is 1. The van der Waals surface area contributed by atoms with Crippen molar-refractivity contribution in [2.45, 2.75) is 30.7 Å². The first-order chi connectivity index (χ1) is 11.6. The Labute approximate surface area is 147 Å². The second-order valence-electron chi connectivity index (χ2n) is 5.76. The van der Waals surface area contributed by atoms with E-state index in [-0.39, 0.29) is 5.91 Å². The fourth-order valence-corrected chi connectivity index (χ4v) is 3.81. The molecule has 1 saturated carbocycles. The normalized spacial score (nSPS) is 17.0. The van der Waals surface area contributed by atoms with Gasteiger partial charge in [-0.15, -0.1) is 11.3 Å². The first-order valence-electron chi connectivity index (χ1n) is 7.86. The summed E-state index contributed by atoms with van der Waals surface area (Å²) < 4.78 is 11.5. The maximum absolute atomic E-state index is 12.7. The maximum atomic E-state index is 12.7. The average Bonchev–Trinajstić information content (AvgIpc) is 3.26. The lowest BCUT2D eigenvalue weighted by Crippen LogP contribution is -2.14. The summed E-state index contributed by atoms with van der Waals surface area (Å²) >= 11 is 1.39. The minimum atomic E-state index is -1.13. The van der Waals surface area contributed by atoms with Crippen molar-refractivity contribution in [3.8, 4) is 0 Å². The van der Waals surface area contributed by atoms with Crippen molar-refractivity contribution >= 4 is 38.7 Å². The number of allylic oxidation sites excluding steroid dienone is 1. The van der Waals surface area contributed by atoms with Gasteiger partial charge in [0.05, 0.1) is 10.8 Å². The van der Waals surface area contributed by atoms with Crippen molar-refractivity contribution in [1.29, 1.82) is 0 Å². The molecule has 5 nitrogen and oxygen atoms in total. The number of thiazole rings is 1. The highest BCUT2D eigenvalue weighted by molar-refractivity contribution is 7.84. The zero-order valence-corrected chi connectivity index (χ0v) is 15.0. The summed E-state index contributed by atoms with van der Waals surface area (Å²) in [6.07, 6.45) is 11.6. The second-order valence-corrected chi connectivity index (χ2v) is 7.98. The molecule has 2 aromatic heterocycles. The van der Waals surface area contributed by atoms with Gasteiger partial charge in [-0.1, -0.05) is 18.9 Å². The van der Waals surface area contributed by atoms with Crippen LogP contribution in [-0.4, -0.2) is 26.3 Å². The number of amides is 1. The highest BCUT2D eigenvalue weighted by atomic mass is 32.2. The smallest absolute Gasteiger partial charge is 0.257 e. The van der Waals surface area contributed by atoms with Gasteiger partial charge in [-0.3, -0.25) is 14.3 Å². The van der Waals surface area contributed by atoms with Crippen molar-refractivity contribution in [2.75, 3.05) is 11.6 Å². The molecule has 0 radical (unpaired) electrons. The number of nitrogens with one attached hydrogen (secondary N) is 1. The van der Waals surface area contributed by atoms with Gasteiger partial charge in [0.2, 0.25) is 0 Å². The lowest BCUT2D eigenvalue weighted by Gasteiger charge is -2.11. The molecule has 1 N–H and O–H groups in total. The highest BCUT2D eigenvalue weighted by Gasteiger charge is 2.19. The fraction of sp³-hybridized carbons (Fsp3) is 0.353. The van der Waals surface area contributed by atoms with Crippen LogP contribution in [-0.2, 0) is 15.6 Å². The van der Waals surface area contributed by atoms with Crippen molar-refractivity contribution in [3.63, 3.8) is 0 Å². The van der Waals surface area contributed by atoms with Gasteiger partial charge in [0.15, 0.2) is 5.13 Å². The predicted molar refractivity (Wildman–Crippen MR) is 97.2 cm³/mol. The van der Waals surface area contributed by atoms with Crippen molar-refractivity contribution < 1.29 is 9.00 Å². The van der Waals surface area contributed by atoms with Crippen molar-refractivity contribution in [2.24, 2.45) is 5.92 Å². The van der Waals surface area contributed by atoms with Gasteiger partial charge in [0.1, 0.15) is 5.03 Å². The molecule has 0 aliphatic heterocycles. The first kappa shape index (κ1) is 17.0. The van der Waals surface area contributed by atoms with Crippen LogP contribution in [0.15, 0.2) is 41.0 Å². The Morgan fingerprint density at radius 1 is 1.33 bits per heavy atom. The highest BCUT2D eigenvalue weighted by Crippen LogP contribution is 2.29. The van der Waals surface area contributed by atoms with E-state index in [1.807, 2.05) is 11.4 Å². The Morgan fingerprint density at radius 2 is 2.12 bits per heavy atom. The Hall–Kier alpha value is -1.86. The lowest BCUT2D eigenvalue weighted by molar-refractivity contribution is -0.111. The molecule has 126 valence electrons. The topological polar surface area (TPSA) is 72.0 Å². The van der Waals surface area contributed by atoms with Gasteiger partial charge in [-0.25, -0.2) is 9.97 Å². The second kappa shape index (κ2) is 7.81. The SMILES string of the molecule is CS(=O)c1ccc(C(=CC2CCCC2)C(=O)Nc2nccs2)cn1. The van der Waals surface area contributed by atoms with Crippen LogP contribution < -0.4 is 5.32 Å². The minimum Gasteiger partial charge on any atom is -0.298 e. The summed E-state index contributed by atoms with van der Waals surface area (Å²) in [6, 6.07) is 3.52. The number of nitrogens with zero attached hydrogens (tertiary/aromatic N) is 2. The molecule has 1 aliphatic rings. The summed E-state index contributed by atoms with van der Waals surface area (Å²) in [5.74, 6) is 0.242. The number of aromatic nitrogens is 2. The Balaban J connectivity index is 1.88. The lowest BCUT2D eigenvalue weighted by atomic mass is 9.99. The molecule has 0 aromatic carbocycles. The van der Waals surface area contributed by atoms with Crippen LogP contribution in [0.5, 0.6) is 0 Å². The third-order valence-electron chi connectivity index (χ3n) is 4.04. The quantitative estimate of drug-likeness (QED) is 0.828. The van der Waals surface area contributed by atoms with Gasteiger partial charge in [-0.05, 0) is 30.9 Å². The molecule has 1 unspecified atom stereocenters. The minimum absolute atomic E-state index is 0.177. The molecule has 2 heterocycles. The monoisotopic (exact) mass is 361 g/mol. The van der Waals surface area contributed by atoms with E-state index in [1.54, 1.807) is 24.7 Å². The summed E-state index contributed by atoms with van der Waals surface area (Å²) in [5, 5.41) is 5.76. The fourth-order valence-electron chi connectivity index (χ4n) is 2.82. The predicted octanol–water partition coefficient (Wildman–Crippen LogP) is 3.49. The van der Waals surface area contributed by atoms with Crippen LogP contribution in [0.2, 0.25) is 0 Å². The average molecular weight is 361 g/mol.